The average Bonchev–Trinajstić information content (AvgIpc) is 2.73. The highest BCUT2D eigenvalue weighted by molar-refractivity contribution is 7.85. The van der Waals surface area contributed by atoms with Crippen molar-refractivity contribution in [2.24, 2.45) is 0 Å². The molecular weight excluding hydrogens is 503 g/mol. The van der Waals surface area contributed by atoms with Crippen molar-refractivity contribution in [1.82, 2.24) is 0 Å². The molecule has 29 heavy (non-hydrogen) atoms. The van der Waals surface area contributed by atoms with Gasteiger partial charge >= 0.3 is 21.6 Å². The highest BCUT2D eigenvalue weighted by Crippen LogP contribution is 2.24. The Morgan fingerprint density at radius 3 is 2.10 bits per heavy atom. The van der Waals surface area contributed by atoms with Gasteiger partial charge in [0.25, 0.3) is 0 Å². The third kappa shape index (κ3) is 6.61. The summed E-state index contributed by atoms with van der Waals surface area (Å²) in [5.41, 5.74) is 4.28. The lowest BCUT2D eigenvalue weighted by Gasteiger charge is -2.11. The van der Waals surface area contributed by atoms with E-state index in [0.29, 0.717) is 0 Å². The van der Waals surface area contributed by atoms with E-state index >= 15 is 0 Å². The van der Waals surface area contributed by atoms with Crippen LogP contribution in [0.1, 0.15) is 24.2 Å². The summed E-state index contributed by atoms with van der Waals surface area (Å²) in [5.74, 6) is 0. The largest absolute Gasteiger partial charge is 0.744 e. The first-order chi connectivity index (χ1) is 13.8. The van der Waals surface area contributed by atoms with Gasteiger partial charge in [-0.3, -0.25) is 0 Å². The zero-order chi connectivity index (χ0) is 21.4. The second-order valence-corrected chi connectivity index (χ2v) is 9.25. The number of methoxy groups -OCH3 is 1. The van der Waals surface area contributed by atoms with Gasteiger partial charge in [0, 0.05) is 18.2 Å². The van der Waals surface area contributed by atoms with Gasteiger partial charge in [0.2, 0.25) is 3.57 Å². The fraction of sp³-hybridized carbons (Fsp3) is 0.182. The lowest BCUT2D eigenvalue weighted by Crippen LogP contribution is -3.61. The monoisotopic (exact) mass is 526 g/mol. The highest BCUT2D eigenvalue weighted by Gasteiger charge is 2.25. The molecule has 0 aromatic heterocycles. The molecule has 0 saturated carbocycles. The predicted molar refractivity (Wildman–Crippen MR) is 107 cm³/mol. The van der Waals surface area contributed by atoms with Crippen molar-refractivity contribution in [3.05, 3.63) is 87.5 Å². The zero-order valence-corrected chi connectivity index (χ0v) is 19.3. The second kappa shape index (κ2) is 10.8. The molecule has 0 aliphatic carbocycles. The van der Waals surface area contributed by atoms with Crippen LogP contribution in [0.25, 0.3) is 11.1 Å². The summed E-state index contributed by atoms with van der Waals surface area (Å²) in [5, 5.41) is 0. The number of hydrogen-bond acceptors (Lipinski definition) is 5. The number of hydrogen-bond donors (Lipinski definition) is 1. The summed E-state index contributed by atoms with van der Waals surface area (Å²) < 4.78 is 47.4. The topological polar surface area (TPSA) is 86.7 Å². The van der Waals surface area contributed by atoms with E-state index in [9.17, 15) is 16.4 Å². The number of benzene rings is 3. The Labute approximate surface area is 182 Å². The van der Waals surface area contributed by atoms with E-state index in [0.717, 1.165) is 25.8 Å². The number of rotatable bonds is 5. The number of aryl methyl sites for hydroxylation is 1. The molecule has 0 saturated heterocycles. The molecule has 0 aliphatic rings. The van der Waals surface area contributed by atoms with Gasteiger partial charge in [-0.2, -0.15) is 3.44 Å². The molecule has 0 aliphatic heterocycles. The van der Waals surface area contributed by atoms with Crippen molar-refractivity contribution in [3.8, 4) is 11.1 Å². The molecule has 7 heteroatoms. The molecule has 0 radical (unpaired) electrons. The van der Waals surface area contributed by atoms with Crippen LogP contribution < -0.4 is 21.6 Å². The van der Waals surface area contributed by atoms with Crippen molar-refractivity contribution >= 4 is 10.1 Å². The van der Waals surface area contributed by atoms with Gasteiger partial charge in [0.15, 0.2) is 0 Å². The Morgan fingerprint density at radius 1 is 0.966 bits per heavy atom. The molecule has 0 heterocycles. The quantitative estimate of drug-likeness (QED) is 0.398. The Morgan fingerprint density at radius 2 is 1.59 bits per heavy atom. The Hall–Kier alpha value is -1.78. The smallest absolute Gasteiger partial charge is 0.520 e. The van der Waals surface area contributed by atoms with Gasteiger partial charge < -0.3 is 9.29 Å². The third-order valence-corrected chi connectivity index (χ3v) is 6.83. The summed E-state index contributed by atoms with van der Waals surface area (Å²) in [6.45, 7) is 3.83. The minimum atomic E-state index is -4.27. The van der Waals surface area contributed by atoms with E-state index < -0.39 is 31.7 Å². The second-order valence-electron chi connectivity index (χ2n) is 6.30. The summed E-state index contributed by atoms with van der Waals surface area (Å²) in [6, 6.07) is 22.1. The van der Waals surface area contributed by atoms with Crippen LogP contribution in [0.2, 0.25) is 0 Å². The molecule has 3 aromatic rings. The molecule has 0 spiro atoms. The van der Waals surface area contributed by atoms with Gasteiger partial charge in [-0.05, 0) is 37.6 Å². The minimum Gasteiger partial charge on any atom is -0.744 e. The van der Waals surface area contributed by atoms with E-state index in [4.69, 9.17) is 4.74 Å². The van der Waals surface area contributed by atoms with Gasteiger partial charge in [-0.1, -0.05) is 60.2 Å². The Balaban J connectivity index is 0.000000234. The molecule has 0 unspecified atom stereocenters. The van der Waals surface area contributed by atoms with Crippen LogP contribution in [-0.2, 0) is 14.9 Å². The van der Waals surface area contributed by atoms with E-state index in [1.54, 1.807) is 19.2 Å². The van der Waals surface area contributed by atoms with Crippen LogP contribution in [-0.4, -0.2) is 23.5 Å². The van der Waals surface area contributed by atoms with Crippen molar-refractivity contribution < 1.29 is 42.8 Å². The minimum absolute atomic E-state index is 0.00973. The van der Waals surface area contributed by atoms with E-state index in [1.165, 1.54) is 12.1 Å². The van der Waals surface area contributed by atoms with Gasteiger partial charge in [0.1, 0.15) is 10.1 Å². The third-order valence-electron chi connectivity index (χ3n) is 4.30. The van der Waals surface area contributed by atoms with Crippen molar-refractivity contribution in [3.63, 3.8) is 0 Å². The predicted octanol–water partition coefficient (Wildman–Crippen LogP) is 1.13. The molecule has 3 rings (SSSR count). The van der Waals surface area contributed by atoms with Crippen LogP contribution in [0.3, 0.4) is 0 Å². The van der Waals surface area contributed by atoms with Crippen LogP contribution in [0.15, 0.2) is 77.7 Å². The fourth-order valence-corrected chi connectivity index (χ4v) is 4.75. The zero-order valence-electron chi connectivity index (χ0n) is 16.4. The molecule has 0 amide bonds. The maximum atomic E-state index is 10.4. The van der Waals surface area contributed by atoms with Gasteiger partial charge in [-0.15, -0.1) is 0 Å². The summed E-state index contributed by atoms with van der Waals surface area (Å²) in [7, 11) is -2.58. The maximum Gasteiger partial charge on any atom is 0.520 e. The summed E-state index contributed by atoms with van der Waals surface area (Å²) in [4.78, 5) is -0.178. The average molecular weight is 526 g/mol. The van der Waals surface area contributed by atoms with Crippen molar-refractivity contribution in [2.45, 2.75) is 24.8 Å². The fourth-order valence-electron chi connectivity index (χ4n) is 2.63. The van der Waals surface area contributed by atoms with E-state index in [2.05, 4.69) is 18.2 Å². The van der Waals surface area contributed by atoms with Crippen LogP contribution in [0.4, 0.5) is 0 Å². The van der Waals surface area contributed by atoms with Crippen LogP contribution in [0, 0.1) is 10.5 Å². The Kier molecular flexibility index (Phi) is 8.79. The molecule has 154 valence electrons. The number of halogens is 1. The lowest BCUT2D eigenvalue weighted by atomic mass is 10.0. The molecule has 0 fully saturated rings. The van der Waals surface area contributed by atoms with Gasteiger partial charge in [-0.25, -0.2) is 8.42 Å². The molecule has 1 atom stereocenters. The van der Waals surface area contributed by atoms with E-state index in [1.807, 2.05) is 44.2 Å². The molecule has 3 aromatic carbocycles. The highest BCUT2D eigenvalue weighted by atomic mass is 127. The van der Waals surface area contributed by atoms with Crippen LogP contribution >= 0.6 is 0 Å². The van der Waals surface area contributed by atoms with Crippen molar-refractivity contribution in [1.29, 1.82) is 0 Å². The summed E-state index contributed by atoms with van der Waals surface area (Å²) >= 11 is -0.979. The van der Waals surface area contributed by atoms with Gasteiger partial charge in [0.05, 0.1) is 11.0 Å². The molecule has 5 nitrogen and oxygen atoms in total. The first-order valence-electron chi connectivity index (χ1n) is 8.80. The van der Waals surface area contributed by atoms with Crippen LogP contribution in [0.5, 0.6) is 0 Å². The Bertz CT molecular complexity index is 1020. The lowest BCUT2D eigenvalue weighted by molar-refractivity contribution is -0.866. The SMILES string of the molecule is CO[C@@H](C)c1cccc(-c2ccccc2)c1[I+]O.Cc1ccc(S(=O)(=O)[O-])cc1. The first kappa shape index (κ1) is 23.5. The maximum absolute atomic E-state index is 10.4. The molecule has 1 N–H and O–H groups in total. The number of ether oxygens (including phenoxy) is 1. The summed E-state index contributed by atoms with van der Waals surface area (Å²) in [6.07, 6.45) is 0.00973. The normalized spacial score (nSPS) is 12.0. The van der Waals surface area contributed by atoms with Crippen molar-refractivity contribution in [2.75, 3.05) is 7.11 Å². The molecular formula is C22H23IO5S. The standard InChI is InChI=1S/C15H16IO2.C7H8O3S/c1-11(18-2)13-9-6-10-14(15(13)16-17)12-7-4-3-5-8-12;1-6-2-4-7(5-3-6)11(8,9)10/h3-11,17H,1-2H3;2-5H,1H3,(H,8,9,10)/q+1;/p-1/t11-;/m0./s1. The molecule has 0 bridgehead atoms. The van der Waals surface area contributed by atoms with E-state index in [-0.39, 0.29) is 11.0 Å². The first-order valence-corrected chi connectivity index (χ1v) is 12.3.